The number of fused-ring (bicyclic) bond motifs is 1. The maximum Gasteiger partial charge on any atom is 0.261 e. The molecule has 0 saturated carbocycles. The first-order chi connectivity index (χ1) is 14.9. The van der Waals surface area contributed by atoms with Crippen LogP contribution in [0.3, 0.4) is 0 Å². The Morgan fingerprint density at radius 1 is 0.968 bits per heavy atom. The van der Waals surface area contributed by atoms with Gasteiger partial charge in [-0.3, -0.25) is 9.52 Å². The summed E-state index contributed by atoms with van der Waals surface area (Å²) in [7, 11) is -3.69. The second-order valence-electron chi connectivity index (χ2n) is 7.20. The molecule has 1 atom stereocenters. The predicted octanol–water partition coefficient (Wildman–Crippen LogP) is 3.37. The normalized spacial score (nSPS) is 15.2. The third kappa shape index (κ3) is 4.97. The third-order valence-corrected chi connectivity index (χ3v) is 6.19. The highest BCUT2D eigenvalue weighted by Gasteiger charge is 2.21. The number of sulfonamides is 1. The van der Waals surface area contributed by atoms with Gasteiger partial charge in [0.05, 0.1) is 11.4 Å². The fraction of sp³-hybridized carbons (Fsp3) is 0.174. The Bertz CT molecular complexity index is 1180. The lowest BCUT2D eigenvalue weighted by atomic mass is 10.2. The first kappa shape index (κ1) is 20.7. The molecule has 160 valence electrons. The van der Waals surface area contributed by atoms with Crippen LogP contribution in [0, 0.1) is 6.92 Å². The molecule has 0 fully saturated rings. The van der Waals surface area contributed by atoms with Crippen molar-refractivity contribution in [3.63, 3.8) is 0 Å². The van der Waals surface area contributed by atoms with E-state index in [1.165, 1.54) is 0 Å². The van der Waals surface area contributed by atoms with Crippen molar-refractivity contribution in [2.24, 2.45) is 0 Å². The molecule has 2 N–H and O–H groups in total. The van der Waals surface area contributed by atoms with Crippen LogP contribution in [0.5, 0.6) is 11.5 Å². The zero-order valence-electron chi connectivity index (χ0n) is 16.9. The van der Waals surface area contributed by atoms with Crippen molar-refractivity contribution >= 4 is 21.6 Å². The van der Waals surface area contributed by atoms with Crippen molar-refractivity contribution in [1.29, 1.82) is 0 Å². The van der Waals surface area contributed by atoms with E-state index in [9.17, 15) is 13.2 Å². The Morgan fingerprint density at radius 3 is 2.35 bits per heavy atom. The van der Waals surface area contributed by atoms with E-state index >= 15 is 0 Å². The second-order valence-corrected chi connectivity index (χ2v) is 8.89. The number of benzene rings is 3. The topological polar surface area (TPSA) is 93.7 Å². The average molecular weight is 439 g/mol. The molecule has 1 aliphatic rings. The van der Waals surface area contributed by atoms with E-state index in [2.05, 4.69) is 10.0 Å². The smallest absolute Gasteiger partial charge is 0.261 e. The number of nitrogens with one attached hydrogen (secondary N) is 2. The number of amides is 1. The molecule has 1 aliphatic heterocycles. The summed E-state index contributed by atoms with van der Waals surface area (Å²) in [6, 6.07) is 20.2. The lowest BCUT2D eigenvalue weighted by Crippen LogP contribution is -2.40. The Labute approximate surface area is 181 Å². The van der Waals surface area contributed by atoms with Crippen LogP contribution in [0.1, 0.15) is 15.9 Å². The Kier molecular flexibility index (Phi) is 5.81. The van der Waals surface area contributed by atoms with Gasteiger partial charge >= 0.3 is 0 Å². The average Bonchev–Trinajstić information content (AvgIpc) is 2.78. The molecular weight excluding hydrogens is 416 g/mol. The van der Waals surface area contributed by atoms with Gasteiger partial charge in [0.1, 0.15) is 12.7 Å². The molecule has 0 aliphatic carbocycles. The summed E-state index contributed by atoms with van der Waals surface area (Å²) in [5.41, 5.74) is 1.76. The van der Waals surface area contributed by atoms with Gasteiger partial charge in [0.15, 0.2) is 11.5 Å². The van der Waals surface area contributed by atoms with E-state index < -0.39 is 10.0 Å². The maximum atomic E-state index is 12.5. The highest BCUT2D eigenvalue weighted by atomic mass is 32.2. The van der Waals surface area contributed by atoms with Gasteiger partial charge in [0.25, 0.3) is 15.9 Å². The number of hydrogen-bond donors (Lipinski definition) is 2. The van der Waals surface area contributed by atoms with Crippen LogP contribution in [0.2, 0.25) is 0 Å². The number of carbonyl (C=O) groups is 1. The summed E-state index contributed by atoms with van der Waals surface area (Å²) >= 11 is 0. The highest BCUT2D eigenvalue weighted by Crippen LogP contribution is 2.30. The summed E-state index contributed by atoms with van der Waals surface area (Å²) in [6.45, 7) is 2.52. The molecule has 0 spiro atoms. The summed E-state index contributed by atoms with van der Waals surface area (Å²) in [5.74, 6) is 1.06. The number of aryl methyl sites for hydroxylation is 1. The van der Waals surface area contributed by atoms with Crippen LogP contribution in [0.15, 0.2) is 77.7 Å². The quantitative estimate of drug-likeness (QED) is 0.616. The van der Waals surface area contributed by atoms with Crippen LogP contribution in [0.4, 0.5) is 5.69 Å². The molecule has 4 rings (SSSR count). The summed E-state index contributed by atoms with van der Waals surface area (Å²) in [4.78, 5) is 12.6. The Hall–Kier alpha value is -3.52. The third-order valence-electron chi connectivity index (χ3n) is 4.79. The second kappa shape index (κ2) is 8.69. The molecule has 3 aromatic rings. The van der Waals surface area contributed by atoms with Crippen LogP contribution in [-0.2, 0) is 10.0 Å². The molecule has 1 heterocycles. The summed E-state index contributed by atoms with van der Waals surface area (Å²) < 4.78 is 38.9. The molecule has 0 bridgehead atoms. The minimum Gasteiger partial charge on any atom is -0.486 e. The van der Waals surface area contributed by atoms with Crippen LogP contribution in [-0.4, -0.2) is 33.6 Å². The van der Waals surface area contributed by atoms with Crippen molar-refractivity contribution in [3.05, 3.63) is 83.9 Å². The Balaban J connectivity index is 1.33. The lowest BCUT2D eigenvalue weighted by molar-refractivity contribution is 0.0789. The molecule has 3 aromatic carbocycles. The van der Waals surface area contributed by atoms with E-state index in [-0.39, 0.29) is 23.5 Å². The van der Waals surface area contributed by atoms with Crippen LogP contribution >= 0.6 is 0 Å². The van der Waals surface area contributed by atoms with Crippen molar-refractivity contribution in [2.45, 2.75) is 17.9 Å². The standard InChI is InChI=1S/C23H22N2O5S/c1-16-6-12-20(13-7-16)31(27,28)25-18-10-8-17(9-11-18)23(26)24-14-19-15-29-21-4-2-3-5-22(21)30-19/h2-13,19,25H,14-15H2,1H3,(H,24,26). The van der Waals surface area contributed by atoms with E-state index in [4.69, 9.17) is 9.47 Å². The predicted molar refractivity (Wildman–Crippen MR) is 117 cm³/mol. The molecule has 7 nitrogen and oxygen atoms in total. The van der Waals surface area contributed by atoms with Crippen molar-refractivity contribution in [1.82, 2.24) is 5.32 Å². The number of carbonyl (C=O) groups excluding carboxylic acids is 1. The number of ether oxygens (including phenoxy) is 2. The highest BCUT2D eigenvalue weighted by molar-refractivity contribution is 7.92. The number of rotatable bonds is 6. The van der Waals surface area contributed by atoms with Crippen LogP contribution in [0.25, 0.3) is 0 Å². The SMILES string of the molecule is Cc1ccc(S(=O)(=O)Nc2ccc(C(=O)NCC3COc4ccccc4O3)cc2)cc1. The van der Waals surface area contributed by atoms with E-state index in [1.807, 2.05) is 31.2 Å². The molecule has 1 unspecified atom stereocenters. The minimum atomic E-state index is -3.69. The Morgan fingerprint density at radius 2 is 1.65 bits per heavy atom. The fourth-order valence-corrected chi connectivity index (χ4v) is 4.15. The molecule has 1 amide bonds. The maximum absolute atomic E-state index is 12.5. The first-order valence-electron chi connectivity index (χ1n) is 9.77. The van der Waals surface area contributed by atoms with E-state index in [0.29, 0.717) is 29.4 Å². The van der Waals surface area contributed by atoms with Crippen LogP contribution < -0.4 is 19.5 Å². The van der Waals surface area contributed by atoms with E-state index in [1.54, 1.807) is 48.5 Å². The van der Waals surface area contributed by atoms with Crippen molar-refractivity contribution < 1.29 is 22.7 Å². The van der Waals surface area contributed by atoms with Gasteiger partial charge in [0, 0.05) is 11.3 Å². The van der Waals surface area contributed by atoms with Gasteiger partial charge in [-0.2, -0.15) is 0 Å². The van der Waals surface area contributed by atoms with Gasteiger partial charge in [-0.25, -0.2) is 8.42 Å². The minimum absolute atomic E-state index is 0.177. The lowest BCUT2D eigenvalue weighted by Gasteiger charge is -2.26. The molecule has 31 heavy (non-hydrogen) atoms. The largest absolute Gasteiger partial charge is 0.486 e. The zero-order chi connectivity index (χ0) is 21.8. The number of hydrogen-bond acceptors (Lipinski definition) is 5. The van der Waals surface area contributed by atoms with Gasteiger partial charge in [-0.1, -0.05) is 29.8 Å². The van der Waals surface area contributed by atoms with Gasteiger partial charge in [-0.05, 0) is 55.5 Å². The molecule has 8 heteroatoms. The van der Waals surface area contributed by atoms with Gasteiger partial charge in [0.2, 0.25) is 0 Å². The summed E-state index contributed by atoms with van der Waals surface area (Å²) in [5, 5.41) is 2.82. The summed E-state index contributed by atoms with van der Waals surface area (Å²) in [6.07, 6.45) is -0.292. The van der Waals surface area contributed by atoms with E-state index in [0.717, 1.165) is 5.56 Å². The van der Waals surface area contributed by atoms with Gasteiger partial charge < -0.3 is 14.8 Å². The zero-order valence-corrected chi connectivity index (χ0v) is 17.7. The van der Waals surface area contributed by atoms with Crippen molar-refractivity contribution in [2.75, 3.05) is 17.9 Å². The number of para-hydroxylation sites is 2. The molecule has 0 saturated heterocycles. The monoisotopic (exact) mass is 438 g/mol. The fourth-order valence-electron chi connectivity index (χ4n) is 3.09. The first-order valence-corrected chi connectivity index (χ1v) is 11.3. The van der Waals surface area contributed by atoms with Crippen molar-refractivity contribution in [3.8, 4) is 11.5 Å². The molecule has 0 radical (unpaired) electrons. The molecule has 0 aromatic heterocycles. The molecular formula is C23H22N2O5S. The number of anilines is 1. The van der Waals surface area contributed by atoms with Gasteiger partial charge in [-0.15, -0.1) is 0 Å².